The van der Waals surface area contributed by atoms with E-state index in [4.69, 9.17) is 20.9 Å². The third-order valence-corrected chi connectivity index (χ3v) is 2.51. The predicted molar refractivity (Wildman–Crippen MR) is 65.7 cm³/mol. The molecule has 0 N–H and O–H groups in total. The Morgan fingerprint density at radius 3 is 2.94 bits per heavy atom. The van der Waals surface area contributed by atoms with Gasteiger partial charge in [-0.25, -0.2) is 0 Å². The van der Waals surface area contributed by atoms with Gasteiger partial charge < -0.3 is 9.26 Å². The van der Waals surface area contributed by atoms with Crippen LogP contribution in [0.1, 0.15) is 12.8 Å². The van der Waals surface area contributed by atoms with Crippen LogP contribution in [0.5, 0.6) is 5.75 Å². The van der Waals surface area contributed by atoms with Crippen LogP contribution < -0.4 is 4.74 Å². The van der Waals surface area contributed by atoms with Crippen molar-refractivity contribution in [2.24, 2.45) is 0 Å². The van der Waals surface area contributed by atoms with Gasteiger partial charge in [0, 0.05) is 5.02 Å². The number of ether oxygens (including phenoxy) is 1. The Hall–Kier alpha value is -1.88. The van der Waals surface area contributed by atoms with Crippen molar-refractivity contribution in [2.75, 3.05) is 7.11 Å². The molecule has 0 amide bonds. The first kappa shape index (κ1) is 12.6. The lowest BCUT2D eigenvalue weighted by Gasteiger charge is -2.04. The van der Waals surface area contributed by atoms with Crippen LogP contribution >= 0.6 is 11.6 Å². The van der Waals surface area contributed by atoms with Crippen molar-refractivity contribution in [1.82, 2.24) is 10.1 Å². The summed E-state index contributed by atoms with van der Waals surface area (Å²) in [6.07, 6.45) is 0.128. The van der Waals surface area contributed by atoms with Crippen LogP contribution in [0.3, 0.4) is 0 Å². The van der Waals surface area contributed by atoms with E-state index in [0.717, 1.165) is 0 Å². The van der Waals surface area contributed by atoms with E-state index in [2.05, 4.69) is 10.1 Å². The highest BCUT2D eigenvalue weighted by Crippen LogP contribution is 2.30. The summed E-state index contributed by atoms with van der Waals surface area (Å²) in [6.45, 7) is 1.47. The lowest BCUT2D eigenvalue weighted by atomic mass is 10.2. The molecule has 0 aliphatic rings. The molecule has 1 aromatic heterocycles. The summed E-state index contributed by atoms with van der Waals surface area (Å²) >= 11 is 5.87. The number of Topliss-reactive ketones (excluding diaryl/α,β-unsaturated/α-hetero) is 1. The molecular weight excluding hydrogens is 256 g/mol. The van der Waals surface area contributed by atoms with Gasteiger partial charge in [-0.05, 0) is 25.1 Å². The third-order valence-electron chi connectivity index (χ3n) is 2.27. The largest absolute Gasteiger partial charge is 0.496 e. The first-order chi connectivity index (χ1) is 8.60. The Labute approximate surface area is 109 Å². The van der Waals surface area contributed by atoms with Crippen molar-refractivity contribution in [2.45, 2.75) is 13.3 Å². The lowest BCUT2D eigenvalue weighted by molar-refractivity contribution is -0.116. The van der Waals surface area contributed by atoms with Crippen molar-refractivity contribution in [1.29, 1.82) is 0 Å². The minimum Gasteiger partial charge on any atom is -0.496 e. The SMILES string of the molecule is COc1cc(Cl)ccc1-c1noc(CC(C)=O)n1. The van der Waals surface area contributed by atoms with Crippen molar-refractivity contribution in [3.63, 3.8) is 0 Å². The molecule has 2 aromatic rings. The van der Waals surface area contributed by atoms with E-state index in [-0.39, 0.29) is 18.1 Å². The Kier molecular flexibility index (Phi) is 3.62. The summed E-state index contributed by atoms with van der Waals surface area (Å²) in [5.74, 6) is 1.18. The van der Waals surface area contributed by atoms with Crippen molar-refractivity contribution < 1.29 is 14.1 Å². The number of benzene rings is 1. The van der Waals surface area contributed by atoms with E-state index >= 15 is 0 Å². The molecule has 0 atom stereocenters. The average molecular weight is 267 g/mol. The maximum atomic E-state index is 11.0. The smallest absolute Gasteiger partial charge is 0.234 e. The number of hydrogen-bond acceptors (Lipinski definition) is 5. The maximum absolute atomic E-state index is 11.0. The second-order valence-corrected chi connectivity index (χ2v) is 4.17. The monoisotopic (exact) mass is 266 g/mol. The summed E-state index contributed by atoms with van der Waals surface area (Å²) in [5.41, 5.74) is 0.667. The quantitative estimate of drug-likeness (QED) is 0.851. The molecule has 5 nitrogen and oxygen atoms in total. The van der Waals surface area contributed by atoms with Crippen LogP contribution in [0.2, 0.25) is 5.02 Å². The first-order valence-corrected chi connectivity index (χ1v) is 5.64. The summed E-state index contributed by atoms with van der Waals surface area (Å²) in [6, 6.07) is 5.11. The van der Waals surface area contributed by atoms with Crippen LogP contribution in [0.4, 0.5) is 0 Å². The highest BCUT2D eigenvalue weighted by atomic mass is 35.5. The summed E-state index contributed by atoms with van der Waals surface area (Å²) < 4.78 is 10.2. The highest BCUT2D eigenvalue weighted by molar-refractivity contribution is 6.30. The Morgan fingerprint density at radius 2 is 2.28 bits per heavy atom. The number of carbonyl (C=O) groups excluding carboxylic acids is 1. The van der Waals surface area contributed by atoms with Gasteiger partial charge >= 0.3 is 0 Å². The Morgan fingerprint density at radius 1 is 1.50 bits per heavy atom. The molecule has 1 heterocycles. The fourth-order valence-corrected chi connectivity index (χ4v) is 1.66. The second-order valence-electron chi connectivity index (χ2n) is 3.74. The minimum absolute atomic E-state index is 0.0340. The number of halogens is 1. The number of ketones is 1. The molecule has 0 unspecified atom stereocenters. The maximum Gasteiger partial charge on any atom is 0.234 e. The van der Waals surface area contributed by atoms with Gasteiger partial charge in [-0.1, -0.05) is 16.8 Å². The number of methoxy groups -OCH3 is 1. The molecule has 0 bridgehead atoms. The summed E-state index contributed by atoms with van der Waals surface area (Å²) in [4.78, 5) is 15.1. The molecule has 0 aliphatic carbocycles. The van der Waals surface area contributed by atoms with Crippen molar-refractivity contribution in [3.8, 4) is 17.1 Å². The van der Waals surface area contributed by atoms with Crippen LogP contribution in [0.25, 0.3) is 11.4 Å². The van der Waals surface area contributed by atoms with Crippen LogP contribution in [-0.4, -0.2) is 23.0 Å². The Bertz CT molecular complexity index is 580. The number of nitrogens with zero attached hydrogens (tertiary/aromatic N) is 2. The van der Waals surface area contributed by atoms with E-state index in [1.807, 2.05) is 0 Å². The van der Waals surface area contributed by atoms with Gasteiger partial charge in [0.2, 0.25) is 11.7 Å². The molecule has 94 valence electrons. The number of rotatable bonds is 4. The fourth-order valence-electron chi connectivity index (χ4n) is 1.50. The van der Waals surface area contributed by atoms with E-state index in [1.54, 1.807) is 18.2 Å². The molecule has 1 aromatic carbocycles. The van der Waals surface area contributed by atoms with Gasteiger partial charge in [0.1, 0.15) is 11.5 Å². The van der Waals surface area contributed by atoms with Crippen LogP contribution in [-0.2, 0) is 11.2 Å². The topological polar surface area (TPSA) is 65.2 Å². The van der Waals surface area contributed by atoms with E-state index < -0.39 is 0 Å². The van der Waals surface area contributed by atoms with Crippen molar-refractivity contribution >= 4 is 17.4 Å². The van der Waals surface area contributed by atoms with Gasteiger partial charge in [0.25, 0.3) is 0 Å². The molecule has 6 heteroatoms. The van der Waals surface area contributed by atoms with Crippen molar-refractivity contribution in [3.05, 3.63) is 29.1 Å². The average Bonchev–Trinajstić information content (AvgIpc) is 2.76. The first-order valence-electron chi connectivity index (χ1n) is 5.26. The molecule has 18 heavy (non-hydrogen) atoms. The molecule has 0 fully saturated rings. The van der Waals surface area contributed by atoms with Gasteiger partial charge in [-0.15, -0.1) is 0 Å². The second kappa shape index (κ2) is 5.18. The Balaban J connectivity index is 2.36. The van der Waals surface area contributed by atoms with Crippen LogP contribution in [0.15, 0.2) is 22.7 Å². The summed E-state index contributed by atoms with van der Waals surface area (Å²) in [5, 5.41) is 4.37. The number of aromatic nitrogens is 2. The zero-order valence-corrected chi connectivity index (χ0v) is 10.7. The zero-order chi connectivity index (χ0) is 13.1. The zero-order valence-electron chi connectivity index (χ0n) is 9.94. The van der Waals surface area contributed by atoms with Gasteiger partial charge in [-0.3, -0.25) is 4.79 Å². The molecule has 0 aliphatic heterocycles. The molecule has 0 spiro atoms. The number of carbonyl (C=O) groups is 1. The third kappa shape index (κ3) is 2.68. The van der Waals surface area contributed by atoms with Gasteiger partial charge in [-0.2, -0.15) is 4.98 Å². The van der Waals surface area contributed by atoms with E-state index in [1.165, 1.54) is 14.0 Å². The van der Waals surface area contributed by atoms with E-state index in [9.17, 15) is 4.79 Å². The summed E-state index contributed by atoms with van der Waals surface area (Å²) in [7, 11) is 1.53. The molecule has 0 radical (unpaired) electrons. The molecular formula is C12H11ClN2O3. The fraction of sp³-hybridized carbons (Fsp3) is 0.250. The molecule has 0 saturated heterocycles. The standard InChI is InChI=1S/C12H11ClN2O3/c1-7(16)5-11-14-12(15-18-11)9-4-3-8(13)6-10(9)17-2/h3-4,6H,5H2,1-2H3. The molecule has 0 saturated carbocycles. The lowest BCUT2D eigenvalue weighted by Crippen LogP contribution is -1.96. The minimum atomic E-state index is -0.0340. The van der Waals surface area contributed by atoms with Gasteiger partial charge in [0.05, 0.1) is 19.1 Å². The number of hydrogen-bond donors (Lipinski definition) is 0. The van der Waals surface area contributed by atoms with Gasteiger partial charge in [0.15, 0.2) is 0 Å². The predicted octanol–water partition coefficient (Wildman–Crippen LogP) is 2.53. The highest BCUT2D eigenvalue weighted by Gasteiger charge is 2.14. The van der Waals surface area contributed by atoms with E-state index in [0.29, 0.717) is 22.2 Å². The molecule has 2 rings (SSSR count). The van der Waals surface area contributed by atoms with Crippen LogP contribution in [0, 0.1) is 0 Å². The normalized spacial score (nSPS) is 10.4.